The summed E-state index contributed by atoms with van der Waals surface area (Å²) in [6.45, 7) is 0. The van der Waals surface area contributed by atoms with Gasteiger partial charge in [0.05, 0.1) is 5.00 Å². The fourth-order valence-corrected chi connectivity index (χ4v) is 2.28. The summed E-state index contributed by atoms with van der Waals surface area (Å²) in [4.78, 5) is 1.26. The summed E-state index contributed by atoms with van der Waals surface area (Å²) < 4.78 is 0. The SMILES string of the molecule is Nc1sccc1C=Cc1cccs1. The van der Waals surface area contributed by atoms with Gasteiger partial charge in [0.1, 0.15) is 0 Å². The van der Waals surface area contributed by atoms with E-state index in [1.165, 1.54) is 4.88 Å². The van der Waals surface area contributed by atoms with Gasteiger partial charge < -0.3 is 5.73 Å². The molecule has 3 heteroatoms. The first kappa shape index (κ1) is 8.53. The molecule has 1 nitrogen and oxygen atoms in total. The van der Waals surface area contributed by atoms with Crippen LogP contribution in [-0.2, 0) is 0 Å². The third-order valence-electron chi connectivity index (χ3n) is 1.70. The summed E-state index contributed by atoms with van der Waals surface area (Å²) in [5.74, 6) is 0. The number of thiophene rings is 2. The van der Waals surface area contributed by atoms with Crippen LogP contribution in [0.15, 0.2) is 29.0 Å². The van der Waals surface area contributed by atoms with Crippen molar-refractivity contribution in [1.29, 1.82) is 0 Å². The molecule has 0 bridgehead atoms. The van der Waals surface area contributed by atoms with Gasteiger partial charge in [-0.1, -0.05) is 12.1 Å². The van der Waals surface area contributed by atoms with Gasteiger partial charge >= 0.3 is 0 Å². The average molecular weight is 207 g/mol. The van der Waals surface area contributed by atoms with Gasteiger partial charge in [-0.15, -0.1) is 22.7 Å². The van der Waals surface area contributed by atoms with Crippen LogP contribution in [0.25, 0.3) is 12.2 Å². The molecule has 2 rings (SSSR count). The van der Waals surface area contributed by atoms with Crippen molar-refractivity contribution in [1.82, 2.24) is 0 Å². The predicted octanol–water partition coefficient (Wildman–Crippen LogP) is 3.56. The van der Waals surface area contributed by atoms with Crippen LogP contribution in [0.2, 0.25) is 0 Å². The monoisotopic (exact) mass is 207 g/mol. The molecular formula is C10H9NS2. The van der Waals surface area contributed by atoms with Gasteiger partial charge in [-0.05, 0) is 29.0 Å². The van der Waals surface area contributed by atoms with Crippen LogP contribution in [0.5, 0.6) is 0 Å². The Labute approximate surface area is 85.1 Å². The Morgan fingerprint density at radius 3 is 2.62 bits per heavy atom. The average Bonchev–Trinajstić information content (AvgIpc) is 2.72. The molecule has 13 heavy (non-hydrogen) atoms. The van der Waals surface area contributed by atoms with E-state index in [4.69, 9.17) is 5.73 Å². The minimum atomic E-state index is 0.882. The highest BCUT2D eigenvalue weighted by atomic mass is 32.1. The van der Waals surface area contributed by atoms with E-state index in [0.717, 1.165) is 10.6 Å². The van der Waals surface area contributed by atoms with Crippen LogP contribution < -0.4 is 5.73 Å². The van der Waals surface area contributed by atoms with Crippen LogP contribution >= 0.6 is 22.7 Å². The van der Waals surface area contributed by atoms with Crippen molar-refractivity contribution in [3.8, 4) is 0 Å². The van der Waals surface area contributed by atoms with Crippen molar-refractivity contribution in [2.24, 2.45) is 0 Å². The second kappa shape index (κ2) is 3.77. The first-order valence-corrected chi connectivity index (χ1v) is 5.67. The Hall–Kier alpha value is -1.06. The summed E-state index contributed by atoms with van der Waals surface area (Å²) in [6, 6.07) is 6.16. The Kier molecular flexibility index (Phi) is 2.47. The fraction of sp³-hybridized carbons (Fsp3) is 0. The lowest BCUT2D eigenvalue weighted by Crippen LogP contribution is -1.79. The standard InChI is InChI=1S/C10H9NS2/c11-10-8(5-7-13-10)3-4-9-2-1-6-12-9/h1-7H,11H2. The van der Waals surface area contributed by atoms with Gasteiger partial charge in [-0.3, -0.25) is 0 Å². The van der Waals surface area contributed by atoms with Crippen molar-refractivity contribution in [3.63, 3.8) is 0 Å². The van der Waals surface area contributed by atoms with E-state index in [1.807, 2.05) is 17.5 Å². The highest BCUT2D eigenvalue weighted by Crippen LogP contribution is 2.22. The van der Waals surface area contributed by atoms with Crippen LogP contribution in [0, 0.1) is 0 Å². The molecule has 0 unspecified atom stereocenters. The first-order chi connectivity index (χ1) is 6.36. The molecule has 2 aromatic heterocycles. The van der Waals surface area contributed by atoms with Crippen LogP contribution in [0.4, 0.5) is 5.00 Å². The van der Waals surface area contributed by atoms with E-state index in [-0.39, 0.29) is 0 Å². The predicted molar refractivity (Wildman–Crippen MR) is 62.0 cm³/mol. The number of hydrogen-bond acceptors (Lipinski definition) is 3. The molecule has 0 aliphatic rings. The molecule has 0 fully saturated rings. The number of anilines is 1. The Balaban J connectivity index is 2.19. The van der Waals surface area contributed by atoms with Gasteiger partial charge in [0.15, 0.2) is 0 Å². The van der Waals surface area contributed by atoms with Gasteiger partial charge in [-0.25, -0.2) is 0 Å². The topological polar surface area (TPSA) is 26.0 Å². The molecule has 0 saturated heterocycles. The third-order valence-corrected chi connectivity index (χ3v) is 3.30. The number of hydrogen-bond donors (Lipinski definition) is 1. The number of rotatable bonds is 2. The van der Waals surface area contributed by atoms with E-state index in [2.05, 4.69) is 23.6 Å². The normalized spacial score (nSPS) is 11.1. The molecule has 0 aromatic carbocycles. The second-order valence-corrected chi connectivity index (χ2v) is 4.52. The molecule has 0 saturated carbocycles. The maximum atomic E-state index is 5.75. The molecule has 0 radical (unpaired) electrons. The minimum Gasteiger partial charge on any atom is -0.390 e. The summed E-state index contributed by atoms with van der Waals surface area (Å²) in [7, 11) is 0. The molecule has 2 N–H and O–H groups in total. The largest absolute Gasteiger partial charge is 0.390 e. The quantitative estimate of drug-likeness (QED) is 0.800. The molecule has 0 spiro atoms. The summed E-state index contributed by atoms with van der Waals surface area (Å²) >= 11 is 3.30. The van der Waals surface area contributed by atoms with Gasteiger partial charge in [0.2, 0.25) is 0 Å². The zero-order valence-electron chi connectivity index (χ0n) is 6.94. The van der Waals surface area contributed by atoms with Crippen molar-refractivity contribution in [2.45, 2.75) is 0 Å². The van der Waals surface area contributed by atoms with Crippen LogP contribution in [0.1, 0.15) is 10.4 Å². The summed E-state index contributed by atoms with van der Waals surface area (Å²) in [6.07, 6.45) is 4.14. The fourth-order valence-electron chi connectivity index (χ4n) is 1.03. The molecule has 2 heterocycles. The molecular weight excluding hydrogens is 198 g/mol. The van der Waals surface area contributed by atoms with E-state index < -0.39 is 0 Å². The molecule has 66 valence electrons. The van der Waals surface area contributed by atoms with E-state index in [9.17, 15) is 0 Å². The highest BCUT2D eigenvalue weighted by Gasteiger charge is 1.94. The van der Waals surface area contributed by atoms with Crippen molar-refractivity contribution in [2.75, 3.05) is 5.73 Å². The maximum Gasteiger partial charge on any atom is 0.0930 e. The molecule has 0 aliphatic carbocycles. The number of nitrogens with two attached hydrogens (primary N) is 1. The molecule has 0 atom stereocenters. The van der Waals surface area contributed by atoms with Crippen molar-refractivity contribution < 1.29 is 0 Å². The Morgan fingerprint density at radius 1 is 1.08 bits per heavy atom. The first-order valence-electron chi connectivity index (χ1n) is 3.91. The van der Waals surface area contributed by atoms with Crippen LogP contribution in [0.3, 0.4) is 0 Å². The highest BCUT2D eigenvalue weighted by molar-refractivity contribution is 7.14. The smallest absolute Gasteiger partial charge is 0.0930 e. The van der Waals surface area contributed by atoms with E-state index >= 15 is 0 Å². The zero-order chi connectivity index (χ0) is 9.10. The summed E-state index contributed by atoms with van der Waals surface area (Å²) in [5.41, 5.74) is 6.86. The second-order valence-electron chi connectivity index (χ2n) is 2.59. The molecule has 2 aromatic rings. The third kappa shape index (κ3) is 1.99. The maximum absolute atomic E-state index is 5.75. The Bertz CT molecular complexity index is 398. The lowest BCUT2D eigenvalue weighted by atomic mass is 10.3. The van der Waals surface area contributed by atoms with Crippen LogP contribution in [-0.4, -0.2) is 0 Å². The van der Waals surface area contributed by atoms with Gasteiger partial charge in [0.25, 0.3) is 0 Å². The van der Waals surface area contributed by atoms with Gasteiger partial charge in [0, 0.05) is 10.4 Å². The van der Waals surface area contributed by atoms with E-state index in [1.54, 1.807) is 22.7 Å². The van der Waals surface area contributed by atoms with Crippen molar-refractivity contribution in [3.05, 3.63) is 39.4 Å². The lowest BCUT2D eigenvalue weighted by molar-refractivity contribution is 1.84. The zero-order valence-corrected chi connectivity index (χ0v) is 8.57. The Morgan fingerprint density at radius 2 is 2.00 bits per heavy atom. The minimum absolute atomic E-state index is 0.882. The van der Waals surface area contributed by atoms with E-state index in [0.29, 0.717) is 0 Å². The molecule has 0 aliphatic heterocycles. The van der Waals surface area contributed by atoms with Gasteiger partial charge in [-0.2, -0.15) is 0 Å². The number of nitrogen functional groups attached to an aromatic ring is 1. The lowest BCUT2D eigenvalue weighted by Gasteiger charge is -1.88. The van der Waals surface area contributed by atoms with Crippen molar-refractivity contribution >= 4 is 39.8 Å². The summed E-state index contributed by atoms with van der Waals surface area (Å²) in [5, 5.41) is 4.95. The molecule has 0 amide bonds.